The number of carbonyl (C=O) groups excluding carboxylic acids is 1. The molecular formula is C11H11BrN2OS2. The summed E-state index contributed by atoms with van der Waals surface area (Å²) in [5.41, 5.74) is 6.24. The van der Waals surface area contributed by atoms with E-state index in [4.69, 9.17) is 5.73 Å². The summed E-state index contributed by atoms with van der Waals surface area (Å²) in [5, 5.41) is 4.56. The smallest absolute Gasteiger partial charge is 0.187 e. The highest BCUT2D eigenvalue weighted by Crippen LogP contribution is 2.22. The Balaban J connectivity index is 2.09. The number of rotatable bonds is 4. The number of carbonyl (C=O) groups is 1. The molecule has 2 heterocycles. The van der Waals surface area contributed by atoms with E-state index in [2.05, 4.69) is 20.9 Å². The van der Waals surface area contributed by atoms with Crippen LogP contribution in [0.25, 0.3) is 0 Å². The van der Waals surface area contributed by atoms with E-state index in [-0.39, 0.29) is 11.8 Å². The zero-order valence-corrected chi connectivity index (χ0v) is 12.4. The average Bonchev–Trinajstić information content (AvgIpc) is 2.86. The number of thiophene rings is 1. The Kier molecular flexibility index (Phi) is 4.09. The molecule has 2 rings (SSSR count). The Morgan fingerprint density at radius 3 is 2.82 bits per heavy atom. The van der Waals surface area contributed by atoms with Crippen molar-refractivity contribution in [2.45, 2.75) is 19.4 Å². The molecule has 0 amide bonds. The van der Waals surface area contributed by atoms with Crippen LogP contribution in [0.4, 0.5) is 0 Å². The molecule has 0 spiro atoms. The van der Waals surface area contributed by atoms with Gasteiger partial charge in [-0.25, -0.2) is 4.98 Å². The standard InChI is InChI=1S/C11H11BrN2OS2/c1-6(13)11-14-9(5-17-11)10(15)3-8-2-7(12)4-16-8/h2,4-6H,3,13H2,1H3. The van der Waals surface area contributed by atoms with Crippen molar-refractivity contribution in [1.82, 2.24) is 4.98 Å². The third-order valence-electron chi connectivity index (χ3n) is 2.15. The summed E-state index contributed by atoms with van der Waals surface area (Å²) in [5.74, 6) is 0.0440. The number of halogens is 1. The average molecular weight is 331 g/mol. The van der Waals surface area contributed by atoms with Crippen LogP contribution in [0.5, 0.6) is 0 Å². The molecule has 0 aromatic carbocycles. The van der Waals surface area contributed by atoms with Crippen LogP contribution in [0.1, 0.15) is 33.3 Å². The fourth-order valence-electron chi connectivity index (χ4n) is 1.32. The molecule has 2 aromatic rings. The van der Waals surface area contributed by atoms with E-state index in [9.17, 15) is 4.79 Å². The van der Waals surface area contributed by atoms with Crippen molar-refractivity contribution in [2.24, 2.45) is 5.73 Å². The molecule has 0 saturated heterocycles. The summed E-state index contributed by atoms with van der Waals surface area (Å²) in [6, 6.07) is 1.85. The number of hydrogen-bond donors (Lipinski definition) is 1. The summed E-state index contributed by atoms with van der Waals surface area (Å²) in [6.07, 6.45) is 0.401. The van der Waals surface area contributed by atoms with E-state index in [0.29, 0.717) is 12.1 Å². The summed E-state index contributed by atoms with van der Waals surface area (Å²) in [7, 11) is 0. The number of hydrogen-bond acceptors (Lipinski definition) is 5. The molecule has 1 unspecified atom stereocenters. The van der Waals surface area contributed by atoms with Gasteiger partial charge in [-0.05, 0) is 28.9 Å². The third-order valence-corrected chi connectivity index (χ3v) is 4.90. The van der Waals surface area contributed by atoms with E-state index in [0.717, 1.165) is 14.4 Å². The summed E-state index contributed by atoms with van der Waals surface area (Å²) < 4.78 is 1.01. The van der Waals surface area contributed by atoms with Gasteiger partial charge < -0.3 is 5.73 Å². The maximum Gasteiger partial charge on any atom is 0.187 e. The molecule has 6 heteroatoms. The van der Waals surface area contributed by atoms with Crippen LogP contribution < -0.4 is 5.73 Å². The largest absolute Gasteiger partial charge is 0.322 e. The van der Waals surface area contributed by atoms with Crippen LogP contribution in [-0.4, -0.2) is 10.8 Å². The molecule has 90 valence electrons. The van der Waals surface area contributed by atoms with Crippen molar-refractivity contribution >= 4 is 44.4 Å². The second kappa shape index (κ2) is 5.39. The molecule has 1 atom stereocenters. The van der Waals surface area contributed by atoms with Gasteiger partial charge in [0.2, 0.25) is 0 Å². The maximum absolute atomic E-state index is 12.0. The molecule has 0 radical (unpaired) electrons. The highest BCUT2D eigenvalue weighted by molar-refractivity contribution is 9.10. The zero-order chi connectivity index (χ0) is 12.4. The van der Waals surface area contributed by atoms with Crippen LogP contribution in [0.2, 0.25) is 0 Å². The fraction of sp³-hybridized carbons (Fsp3) is 0.273. The summed E-state index contributed by atoms with van der Waals surface area (Å²) in [6.45, 7) is 1.86. The maximum atomic E-state index is 12.0. The minimum Gasteiger partial charge on any atom is -0.322 e. The van der Waals surface area contributed by atoms with Crippen molar-refractivity contribution < 1.29 is 4.79 Å². The molecule has 2 N–H and O–H groups in total. The minimum absolute atomic E-state index is 0.0440. The van der Waals surface area contributed by atoms with Crippen LogP contribution in [-0.2, 0) is 6.42 Å². The van der Waals surface area contributed by atoms with Crippen molar-refractivity contribution in [3.63, 3.8) is 0 Å². The van der Waals surface area contributed by atoms with Gasteiger partial charge in [0.25, 0.3) is 0 Å². The quantitative estimate of drug-likeness (QED) is 0.874. The van der Waals surface area contributed by atoms with Crippen molar-refractivity contribution in [1.29, 1.82) is 0 Å². The summed E-state index contributed by atoms with van der Waals surface area (Å²) in [4.78, 5) is 17.2. The van der Waals surface area contributed by atoms with E-state index < -0.39 is 0 Å². The van der Waals surface area contributed by atoms with Crippen LogP contribution in [0.3, 0.4) is 0 Å². The Labute approximate surface area is 116 Å². The Morgan fingerprint density at radius 2 is 2.29 bits per heavy atom. The molecule has 3 nitrogen and oxygen atoms in total. The molecule has 0 aliphatic carbocycles. The highest BCUT2D eigenvalue weighted by Gasteiger charge is 2.14. The topological polar surface area (TPSA) is 56.0 Å². The first kappa shape index (κ1) is 12.9. The predicted octanol–water partition coefficient (Wildman–Crippen LogP) is 3.41. The lowest BCUT2D eigenvalue weighted by Gasteiger charge is -1.97. The lowest BCUT2D eigenvalue weighted by Crippen LogP contribution is -2.07. The van der Waals surface area contributed by atoms with Crippen LogP contribution in [0, 0.1) is 0 Å². The predicted molar refractivity (Wildman–Crippen MR) is 74.8 cm³/mol. The van der Waals surface area contributed by atoms with Gasteiger partial charge in [-0.15, -0.1) is 22.7 Å². The number of nitrogens with zero attached hydrogens (tertiary/aromatic N) is 1. The third kappa shape index (κ3) is 3.22. The lowest BCUT2D eigenvalue weighted by atomic mass is 10.2. The molecule has 0 bridgehead atoms. The van der Waals surface area contributed by atoms with E-state index in [1.165, 1.54) is 11.3 Å². The molecule has 2 aromatic heterocycles. The number of Topliss-reactive ketones (excluding diaryl/α,β-unsaturated/α-hetero) is 1. The van der Waals surface area contributed by atoms with Crippen LogP contribution in [0.15, 0.2) is 21.3 Å². The van der Waals surface area contributed by atoms with Crippen molar-refractivity contribution in [3.05, 3.63) is 36.9 Å². The Bertz CT molecular complexity index is 533. The van der Waals surface area contributed by atoms with Gasteiger partial charge in [0.05, 0.1) is 6.04 Å². The highest BCUT2D eigenvalue weighted by atomic mass is 79.9. The van der Waals surface area contributed by atoms with Gasteiger partial charge >= 0.3 is 0 Å². The van der Waals surface area contributed by atoms with Gasteiger partial charge in [0.15, 0.2) is 5.78 Å². The van der Waals surface area contributed by atoms with E-state index >= 15 is 0 Å². The van der Waals surface area contributed by atoms with E-state index in [1.54, 1.807) is 16.7 Å². The number of thiazole rings is 1. The molecule has 0 aliphatic rings. The fourth-order valence-corrected chi connectivity index (χ4v) is 3.55. The van der Waals surface area contributed by atoms with Gasteiger partial charge in [0, 0.05) is 26.5 Å². The van der Waals surface area contributed by atoms with Gasteiger partial charge in [0.1, 0.15) is 10.7 Å². The Morgan fingerprint density at radius 1 is 1.53 bits per heavy atom. The first-order valence-corrected chi connectivity index (χ1v) is 7.58. The monoisotopic (exact) mass is 330 g/mol. The first-order chi connectivity index (χ1) is 8.06. The zero-order valence-electron chi connectivity index (χ0n) is 9.14. The van der Waals surface area contributed by atoms with E-state index in [1.807, 2.05) is 18.4 Å². The van der Waals surface area contributed by atoms with Crippen LogP contribution >= 0.6 is 38.6 Å². The molecule has 0 aliphatic heterocycles. The minimum atomic E-state index is -0.113. The van der Waals surface area contributed by atoms with Gasteiger partial charge in [-0.1, -0.05) is 0 Å². The van der Waals surface area contributed by atoms with Gasteiger partial charge in [-0.3, -0.25) is 4.79 Å². The molecular weight excluding hydrogens is 320 g/mol. The van der Waals surface area contributed by atoms with Crippen molar-refractivity contribution in [2.75, 3.05) is 0 Å². The normalized spacial score (nSPS) is 12.6. The second-order valence-electron chi connectivity index (χ2n) is 3.69. The lowest BCUT2D eigenvalue weighted by molar-refractivity contribution is 0.0989. The molecule has 17 heavy (non-hydrogen) atoms. The molecule has 0 fully saturated rings. The second-order valence-corrected chi connectivity index (χ2v) is 6.49. The van der Waals surface area contributed by atoms with Crippen molar-refractivity contribution in [3.8, 4) is 0 Å². The Hall–Kier alpha value is -0.560. The number of ketones is 1. The first-order valence-electron chi connectivity index (χ1n) is 5.03. The summed E-state index contributed by atoms with van der Waals surface area (Å²) >= 11 is 6.38. The number of aromatic nitrogens is 1. The molecule has 0 saturated carbocycles. The number of nitrogens with two attached hydrogens (primary N) is 1. The SMILES string of the molecule is CC(N)c1nc(C(=O)Cc2cc(Br)cs2)cs1. The van der Waals surface area contributed by atoms with Gasteiger partial charge in [-0.2, -0.15) is 0 Å².